The van der Waals surface area contributed by atoms with Gasteiger partial charge in [0.05, 0.1) is 6.20 Å². The van der Waals surface area contributed by atoms with E-state index in [0.29, 0.717) is 11.8 Å². The highest BCUT2D eigenvalue weighted by Gasteiger charge is 2.06. The van der Waals surface area contributed by atoms with Crippen molar-refractivity contribution in [3.63, 3.8) is 0 Å². The number of rotatable bonds is 5. The van der Waals surface area contributed by atoms with Crippen LogP contribution in [0.15, 0.2) is 48.7 Å². The molecule has 3 aromatic rings. The summed E-state index contributed by atoms with van der Waals surface area (Å²) < 4.78 is 0. The number of nitrogens with zero attached hydrogens (tertiary/aromatic N) is 3. The molecule has 5 nitrogen and oxygen atoms in total. The summed E-state index contributed by atoms with van der Waals surface area (Å²) >= 11 is 0. The summed E-state index contributed by atoms with van der Waals surface area (Å²) in [6.07, 6.45) is 2.64. The zero-order valence-electron chi connectivity index (χ0n) is 14.2. The van der Waals surface area contributed by atoms with Gasteiger partial charge in [0.1, 0.15) is 0 Å². The van der Waals surface area contributed by atoms with Gasteiger partial charge in [-0.25, -0.2) is 0 Å². The molecule has 0 aliphatic rings. The van der Waals surface area contributed by atoms with Crippen LogP contribution in [0, 0.1) is 13.8 Å². The molecule has 0 spiro atoms. The molecule has 0 unspecified atom stereocenters. The predicted octanol–water partition coefficient (Wildman–Crippen LogP) is 4.54. The minimum absolute atomic E-state index is 0.468. The van der Waals surface area contributed by atoms with Gasteiger partial charge in [0.25, 0.3) is 0 Å². The Bertz CT molecular complexity index is 807. The maximum atomic E-state index is 4.49. The minimum atomic E-state index is 0.468. The molecule has 24 heavy (non-hydrogen) atoms. The zero-order chi connectivity index (χ0) is 16.9. The maximum absolute atomic E-state index is 4.49. The number of para-hydroxylation sites is 1. The number of nitrogens with one attached hydrogen (secondary N) is 2. The quantitative estimate of drug-likeness (QED) is 0.723. The fraction of sp³-hybridized carbons (Fsp3) is 0.211. The van der Waals surface area contributed by atoms with Gasteiger partial charge in [0.2, 0.25) is 5.95 Å². The molecule has 0 radical (unpaired) electrons. The van der Waals surface area contributed by atoms with E-state index < -0.39 is 0 Å². The van der Waals surface area contributed by atoms with Crippen LogP contribution < -0.4 is 10.6 Å². The Morgan fingerprint density at radius 3 is 2.29 bits per heavy atom. The molecule has 1 heterocycles. The lowest BCUT2D eigenvalue weighted by molar-refractivity contribution is 0.981. The molecule has 3 rings (SSSR count). The highest BCUT2D eigenvalue weighted by atomic mass is 15.3. The third-order valence-electron chi connectivity index (χ3n) is 3.91. The van der Waals surface area contributed by atoms with E-state index in [0.717, 1.165) is 17.8 Å². The summed E-state index contributed by atoms with van der Waals surface area (Å²) in [6.45, 7) is 6.27. The maximum Gasteiger partial charge on any atom is 0.249 e. The van der Waals surface area contributed by atoms with Crippen molar-refractivity contribution in [1.82, 2.24) is 15.2 Å². The summed E-state index contributed by atoms with van der Waals surface area (Å²) in [4.78, 5) is 4.49. The predicted molar refractivity (Wildman–Crippen MR) is 98.1 cm³/mol. The molecule has 1 aromatic heterocycles. The van der Waals surface area contributed by atoms with Crippen molar-refractivity contribution in [2.75, 3.05) is 10.6 Å². The first-order valence-corrected chi connectivity index (χ1v) is 8.04. The molecule has 2 N–H and O–H groups in total. The number of hydrogen-bond acceptors (Lipinski definition) is 5. The fourth-order valence-electron chi connectivity index (χ4n) is 2.51. The van der Waals surface area contributed by atoms with Crippen LogP contribution in [0.4, 0.5) is 23.1 Å². The Labute approximate surface area is 142 Å². The normalized spacial score (nSPS) is 10.5. The smallest absolute Gasteiger partial charge is 0.249 e. The van der Waals surface area contributed by atoms with Gasteiger partial charge >= 0.3 is 0 Å². The molecule has 0 atom stereocenters. The molecular formula is C19H21N5. The summed E-state index contributed by atoms with van der Waals surface area (Å²) in [5.74, 6) is 1.13. The second kappa shape index (κ2) is 7.08. The van der Waals surface area contributed by atoms with Crippen molar-refractivity contribution in [3.05, 3.63) is 65.4 Å². The van der Waals surface area contributed by atoms with Gasteiger partial charge in [-0.15, -0.1) is 5.10 Å². The average Bonchev–Trinajstić information content (AvgIpc) is 2.59. The molecule has 0 saturated carbocycles. The molecule has 5 heteroatoms. The van der Waals surface area contributed by atoms with E-state index in [-0.39, 0.29) is 0 Å². The number of anilines is 4. The standard InChI is InChI=1S/C19H21N5/c1-4-15-8-10-16(11-9-15)21-19-23-17(12-20-24-19)22-18-13(2)6-5-7-14(18)3/h5-12H,4H2,1-3H3,(H2,21,22,23,24). The Morgan fingerprint density at radius 1 is 0.917 bits per heavy atom. The Hall–Kier alpha value is -2.95. The van der Waals surface area contributed by atoms with Gasteiger partial charge in [-0.05, 0) is 49.1 Å². The van der Waals surface area contributed by atoms with Crippen molar-refractivity contribution in [2.24, 2.45) is 0 Å². The first-order chi connectivity index (χ1) is 11.7. The van der Waals surface area contributed by atoms with Crippen molar-refractivity contribution >= 4 is 23.1 Å². The second-order valence-corrected chi connectivity index (χ2v) is 5.73. The number of aromatic nitrogens is 3. The SMILES string of the molecule is CCc1ccc(Nc2nncc(Nc3c(C)cccc3C)n2)cc1. The lowest BCUT2D eigenvalue weighted by Gasteiger charge is -2.12. The zero-order valence-corrected chi connectivity index (χ0v) is 14.2. The van der Waals surface area contributed by atoms with Gasteiger partial charge in [0.15, 0.2) is 5.82 Å². The molecule has 0 amide bonds. The average molecular weight is 319 g/mol. The topological polar surface area (TPSA) is 62.7 Å². The third kappa shape index (κ3) is 3.68. The van der Waals surface area contributed by atoms with Gasteiger partial charge < -0.3 is 10.6 Å². The molecule has 0 fully saturated rings. The minimum Gasteiger partial charge on any atom is -0.338 e. The van der Waals surface area contributed by atoms with E-state index in [1.54, 1.807) is 6.20 Å². The van der Waals surface area contributed by atoms with Gasteiger partial charge in [-0.1, -0.05) is 37.3 Å². The molecule has 0 bridgehead atoms. The van der Waals surface area contributed by atoms with Crippen molar-refractivity contribution < 1.29 is 0 Å². The molecule has 2 aromatic carbocycles. The van der Waals surface area contributed by atoms with Crippen molar-refractivity contribution in [2.45, 2.75) is 27.2 Å². The van der Waals surface area contributed by atoms with E-state index in [4.69, 9.17) is 0 Å². The van der Waals surface area contributed by atoms with Crippen LogP contribution in [-0.2, 0) is 6.42 Å². The monoisotopic (exact) mass is 319 g/mol. The lowest BCUT2D eigenvalue weighted by Crippen LogP contribution is -2.04. The Balaban J connectivity index is 1.78. The molecule has 0 saturated heterocycles. The van der Waals surface area contributed by atoms with E-state index in [2.05, 4.69) is 70.9 Å². The van der Waals surface area contributed by atoms with Crippen molar-refractivity contribution in [3.8, 4) is 0 Å². The highest BCUT2D eigenvalue weighted by molar-refractivity contribution is 5.65. The number of aryl methyl sites for hydroxylation is 3. The van der Waals surface area contributed by atoms with Crippen LogP contribution in [0.2, 0.25) is 0 Å². The van der Waals surface area contributed by atoms with Crippen LogP contribution >= 0.6 is 0 Å². The molecule has 122 valence electrons. The second-order valence-electron chi connectivity index (χ2n) is 5.73. The number of hydrogen-bond donors (Lipinski definition) is 2. The highest BCUT2D eigenvalue weighted by Crippen LogP contribution is 2.23. The summed E-state index contributed by atoms with van der Waals surface area (Å²) in [7, 11) is 0. The Kier molecular flexibility index (Phi) is 4.70. The first-order valence-electron chi connectivity index (χ1n) is 8.04. The van der Waals surface area contributed by atoms with E-state index in [9.17, 15) is 0 Å². The van der Waals surface area contributed by atoms with E-state index >= 15 is 0 Å². The van der Waals surface area contributed by atoms with Crippen LogP contribution in [0.3, 0.4) is 0 Å². The van der Waals surface area contributed by atoms with Crippen LogP contribution in [0.1, 0.15) is 23.6 Å². The van der Waals surface area contributed by atoms with Crippen molar-refractivity contribution in [1.29, 1.82) is 0 Å². The summed E-state index contributed by atoms with van der Waals surface area (Å²) in [6, 6.07) is 14.4. The van der Waals surface area contributed by atoms with Gasteiger partial charge in [-0.2, -0.15) is 10.1 Å². The third-order valence-corrected chi connectivity index (χ3v) is 3.91. The number of benzene rings is 2. The van der Waals surface area contributed by atoms with E-state index in [1.807, 2.05) is 18.2 Å². The largest absolute Gasteiger partial charge is 0.338 e. The summed E-state index contributed by atoms with van der Waals surface area (Å²) in [5.41, 5.74) is 5.62. The lowest BCUT2D eigenvalue weighted by atomic mass is 10.1. The molecule has 0 aliphatic carbocycles. The fourth-order valence-corrected chi connectivity index (χ4v) is 2.51. The van der Waals surface area contributed by atoms with Gasteiger partial charge in [-0.3, -0.25) is 0 Å². The summed E-state index contributed by atoms with van der Waals surface area (Å²) in [5, 5.41) is 14.6. The van der Waals surface area contributed by atoms with Crippen LogP contribution in [0.5, 0.6) is 0 Å². The molecule has 0 aliphatic heterocycles. The van der Waals surface area contributed by atoms with Gasteiger partial charge in [0, 0.05) is 11.4 Å². The first kappa shape index (κ1) is 15.9. The van der Waals surface area contributed by atoms with Crippen LogP contribution in [0.25, 0.3) is 0 Å². The Morgan fingerprint density at radius 2 is 1.62 bits per heavy atom. The molecular weight excluding hydrogens is 298 g/mol. The van der Waals surface area contributed by atoms with Crippen LogP contribution in [-0.4, -0.2) is 15.2 Å². The van der Waals surface area contributed by atoms with E-state index in [1.165, 1.54) is 16.7 Å².